The first kappa shape index (κ1) is 46.6. The maximum absolute atomic E-state index is 14.5. The molecule has 0 radical (unpaired) electrons. The highest BCUT2D eigenvalue weighted by molar-refractivity contribution is 8.01. The summed E-state index contributed by atoms with van der Waals surface area (Å²) in [4.78, 5) is 102. The van der Waals surface area contributed by atoms with Gasteiger partial charge in [-0.1, -0.05) is 77.6 Å². The normalized spacial score (nSPS) is 15.6. The Balaban J connectivity index is 1.14. The minimum Gasteiger partial charge on any atom is -0.448 e. The summed E-state index contributed by atoms with van der Waals surface area (Å²) >= 11 is 8.14. The molecule has 3 amide bonds. The summed E-state index contributed by atoms with van der Waals surface area (Å²) in [7, 11) is 1.67. The molecule has 24 heteroatoms. The average Bonchev–Trinajstić information content (AvgIpc) is 3.95. The van der Waals surface area contributed by atoms with Crippen molar-refractivity contribution in [1.82, 2.24) is 35.4 Å². The second-order valence-electron chi connectivity index (χ2n) is 14.0. The van der Waals surface area contributed by atoms with Gasteiger partial charge in [0.2, 0.25) is 16.8 Å². The first-order valence-corrected chi connectivity index (χ1v) is 22.1. The zero-order valence-corrected chi connectivity index (χ0v) is 37.3. The smallest absolute Gasteiger partial charge is 0.356 e. The van der Waals surface area contributed by atoms with Crippen molar-refractivity contribution in [2.45, 2.75) is 36.5 Å². The van der Waals surface area contributed by atoms with Crippen LogP contribution in [0.5, 0.6) is 11.5 Å². The van der Waals surface area contributed by atoms with Crippen LogP contribution >= 0.6 is 35.1 Å². The predicted molar refractivity (Wildman–Crippen MR) is 234 cm³/mol. The van der Waals surface area contributed by atoms with Crippen LogP contribution in [0.25, 0.3) is 0 Å². The minimum atomic E-state index is -1.22. The van der Waals surface area contributed by atoms with Crippen molar-refractivity contribution in [1.29, 1.82) is 0 Å². The van der Waals surface area contributed by atoms with Crippen LogP contribution in [0.2, 0.25) is 0 Å². The van der Waals surface area contributed by atoms with Gasteiger partial charge in [-0.3, -0.25) is 39.0 Å². The second kappa shape index (κ2) is 21.1. The monoisotopic (exact) mass is 957 g/mol. The van der Waals surface area contributed by atoms with E-state index in [2.05, 4.69) is 36.3 Å². The van der Waals surface area contributed by atoms with Crippen LogP contribution in [0.1, 0.15) is 47.1 Å². The number of rotatable bonds is 18. The molecule has 0 spiro atoms. The van der Waals surface area contributed by atoms with Gasteiger partial charge >= 0.3 is 23.9 Å². The molecule has 0 bridgehead atoms. The van der Waals surface area contributed by atoms with E-state index in [0.29, 0.717) is 21.9 Å². The molecule has 1 saturated heterocycles. The Labute approximate surface area is 387 Å². The number of hydrogen-bond donors (Lipinski definition) is 2. The van der Waals surface area contributed by atoms with Crippen LogP contribution < -0.4 is 20.1 Å². The van der Waals surface area contributed by atoms with Crippen molar-refractivity contribution < 1.29 is 57.0 Å². The maximum Gasteiger partial charge on any atom is 0.356 e. The van der Waals surface area contributed by atoms with Gasteiger partial charge in [-0.2, -0.15) is 4.98 Å². The lowest BCUT2D eigenvalue weighted by Crippen LogP contribution is -2.71. The lowest BCUT2D eigenvalue weighted by molar-refractivity contribution is -0.154. The Morgan fingerprint density at radius 1 is 0.970 bits per heavy atom. The number of β-lactam (4-membered cyclic amide) rings is 1. The molecule has 0 saturated carbocycles. The molecular formula is C42H36ClN9O12S2. The average molecular weight is 958 g/mol. The third kappa shape index (κ3) is 10.9. The fraction of sp³-hybridized carbons (Fsp3) is 0.238. The van der Waals surface area contributed by atoms with E-state index in [1.807, 2.05) is 60.7 Å². The Morgan fingerprint density at radius 3 is 2.29 bits per heavy atom. The van der Waals surface area contributed by atoms with E-state index in [1.165, 1.54) is 45.2 Å². The quantitative estimate of drug-likeness (QED) is 0.0186. The van der Waals surface area contributed by atoms with Crippen LogP contribution in [0, 0.1) is 0 Å². The molecule has 2 aromatic heterocycles. The molecule has 2 atom stereocenters. The summed E-state index contributed by atoms with van der Waals surface area (Å²) in [5, 5.41) is 20.0. The number of carbonyl (C=O) groups excluding carboxylic acids is 7. The van der Waals surface area contributed by atoms with Gasteiger partial charge in [-0.25, -0.2) is 9.48 Å². The van der Waals surface area contributed by atoms with Gasteiger partial charge in [-0.05, 0) is 45.3 Å². The number of oxazole rings is 1. The third-order valence-corrected chi connectivity index (χ3v) is 12.0. The molecule has 4 heterocycles. The summed E-state index contributed by atoms with van der Waals surface area (Å²) in [6, 6.07) is 20.4. The topological polar surface area (TPSA) is 266 Å². The number of ketones is 1. The molecular weight excluding hydrogens is 922 g/mol. The van der Waals surface area contributed by atoms with Crippen molar-refractivity contribution >= 4 is 88.3 Å². The number of aromatic nitrogens is 5. The van der Waals surface area contributed by atoms with E-state index >= 15 is 0 Å². The number of nitrogens with zero attached hydrogens (tertiary/aromatic N) is 7. The first-order valence-electron chi connectivity index (χ1n) is 19.5. The summed E-state index contributed by atoms with van der Waals surface area (Å²) in [6.07, 6.45) is 0.132. The van der Waals surface area contributed by atoms with Gasteiger partial charge < -0.3 is 28.8 Å². The Bertz CT molecular complexity index is 2710. The van der Waals surface area contributed by atoms with Crippen molar-refractivity contribution in [2.24, 2.45) is 12.2 Å². The van der Waals surface area contributed by atoms with Gasteiger partial charge in [0.1, 0.15) is 34.9 Å². The number of benzene rings is 3. The summed E-state index contributed by atoms with van der Waals surface area (Å²) in [5.41, 5.74) is 1.05. The predicted octanol–water partition coefficient (Wildman–Crippen LogP) is 3.61. The number of anilines is 1. The zero-order chi connectivity index (χ0) is 46.9. The molecule has 1 fully saturated rings. The minimum absolute atomic E-state index is 0.00148. The molecule has 0 aliphatic carbocycles. The van der Waals surface area contributed by atoms with Gasteiger partial charge in [0.05, 0.1) is 0 Å². The van der Waals surface area contributed by atoms with Crippen LogP contribution in [0.15, 0.2) is 111 Å². The van der Waals surface area contributed by atoms with E-state index in [1.54, 1.807) is 7.05 Å². The largest absolute Gasteiger partial charge is 0.448 e. The van der Waals surface area contributed by atoms with Crippen LogP contribution in [0.3, 0.4) is 0 Å². The number of halogens is 1. The van der Waals surface area contributed by atoms with E-state index < -0.39 is 77.1 Å². The lowest BCUT2D eigenvalue weighted by Gasteiger charge is -2.49. The number of esters is 3. The zero-order valence-electron chi connectivity index (χ0n) is 34.9. The Morgan fingerprint density at radius 2 is 1.65 bits per heavy atom. The molecule has 340 valence electrons. The molecule has 3 aromatic carbocycles. The Hall–Kier alpha value is -7.37. The number of aryl methyl sites for hydroxylation is 1. The maximum atomic E-state index is 14.5. The molecule has 2 aliphatic rings. The van der Waals surface area contributed by atoms with Crippen molar-refractivity contribution in [3.05, 3.63) is 119 Å². The highest BCUT2D eigenvalue weighted by Gasteiger charge is 2.55. The Kier molecular flexibility index (Phi) is 14.9. The highest BCUT2D eigenvalue weighted by atomic mass is 35.5. The number of oxime groups is 1. The van der Waals surface area contributed by atoms with Crippen LogP contribution in [-0.4, -0.2) is 113 Å². The number of carbonyl (C=O) groups is 7. The molecule has 7 rings (SSSR count). The molecule has 21 nitrogen and oxygen atoms in total. The molecule has 2 aliphatic heterocycles. The van der Waals surface area contributed by atoms with E-state index in [0.717, 1.165) is 26.2 Å². The molecule has 0 unspecified atom stereocenters. The second-order valence-corrected chi connectivity index (χ2v) is 16.3. The lowest BCUT2D eigenvalue weighted by atomic mass is 10.0. The van der Waals surface area contributed by atoms with Gasteiger partial charge in [0, 0.05) is 38.0 Å². The highest BCUT2D eigenvalue weighted by Crippen LogP contribution is 2.43. The first-order chi connectivity index (χ1) is 31.8. The number of hydrogen-bond acceptors (Lipinski definition) is 19. The van der Waals surface area contributed by atoms with E-state index in [9.17, 15) is 33.6 Å². The third-order valence-electron chi connectivity index (χ3n) is 9.37. The van der Waals surface area contributed by atoms with Gasteiger partial charge in [0.25, 0.3) is 11.8 Å². The number of amides is 3. The van der Waals surface area contributed by atoms with E-state index in [4.69, 9.17) is 35.1 Å². The van der Waals surface area contributed by atoms with Gasteiger partial charge in [0.15, 0.2) is 29.9 Å². The number of alkyl halides is 1. The van der Waals surface area contributed by atoms with Crippen LogP contribution in [0.4, 0.5) is 6.01 Å². The van der Waals surface area contributed by atoms with Gasteiger partial charge in [-0.15, -0.1) is 28.5 Å². The van der Waals surface area contributed by atoms with Crippen molar-refractivity contribution in [3.63, 3.8) is 0 Å². The van der Waals surface area contributed by atoms with Crippen molar-refractivity contribution in [3.8, 4) is 11.5 Å². The molecule has 66 heavy (non-hydrogen) atoms. The SMILES string of the molecule is CC(=O)Oc1ccc(C(=O)CO/N=C(\C(=O)N[C@@H]2C(=O)N3C(C(=O)OC(c4ccccc4)c4ccccc4)=C(CSc4nnnn4C)CS[C@@H]23)c2coc(NC(=O)CCl)n2)cc1OC(C)=O. The number of Topliss-reactive ketones (excluding diaryl/α,β-unsaturated/α-hetero) is 1. The molecule has 5 aromatic rings. The number of tetrazole rings is 1. The summed E-state index contributed by atoms with van der Waals surface area (Å²) in [6.45, 7) is 1.48. The van der Waals surface area contributed by atoms with Crippen LogP contribution in [-0.2, 0) is 45.4 Å². The molecule has 2 N–H and O–H groups in total. The number of fused-ring (bicyclic) bond motifs is 1. The fourth-order valence-corrected chi connectivity index (χ4v) is 8.83. The number of thioether (sulfide) groups is 2. The number of ether oxygens (including phenoxy) is 3. The number of nitrogens with one attached hydrogen (secondary N) is 2. The van der Waals surface area contributed by atoms with Crippen molar-refractivity contribution in [2.75, 3.05) is 29.3 Å². The fourth-order valence-electron chi connectivity index (χ4n) is 6.43. The van der Waals surface area contributed by atoms with E-state index in [-0.39, 0.29) is 46.0 Å². The standard InChI is InChI=1S/C42H36ClN9O12S2/c1-22(53)62-30-15-14-26(16-31(30)63-23(2)54)29(55)19-61-48-33(28-18-60-41(44-28)45-32(56)17-43)37(57)46-34-38(58)52-35(27(20-65-39(34)52)21-66-42-47-49-50-51(42)3)40(59)64-36(24-10-6-4-7-11-24)25-12-8-5-9-13-25/h4-16,18,34,36,39H,17,19-21H2,1-3H3,(H,46,57)(H,44,45,56)/b48-33-/t34-,39+/m1/s1. The summed E-state index contributed by atoms with van der Waals surface area (Å²) < 4.78 is 23.2. The summed E-state index contributed by atoms with van der Waals surface area (Å²) in [5.74, 6) is -5.60.